The van der Waals surface area contributed by atoms with Crippen molar-refractivity contribution in [1.82, 2.24) is 10.3 Å². The van der Waals surface area contributed by atoms with Gasteiger partial charge < -0.3 is 10.6 Å². The summed E-state index contributed by atoms with van der Waals surface area (Å²) in [6.07, 6.45) is -2.95. The van der Waals surface area contributed by atoms with Gasteiger partial charge in [-0.15, -0.1) is 6.58 Å². The Labute approximate surface area is 141 Å². The van der Waals surface area contributed by atoms with E-state index in [0.717, 1.165) is 24.3 Å². The van der Waals surface area contributed by atoms with Crippen LogP contribution >= 0.6 is 0 Å². The van der Waals surface area contributed by atoms with Crippen molar-refractivity contribution in [3.63, 3.8) is 0 Å². The quantitative estimate of drug-likeness (QED) is 0.814. The summed E-state index contributed by atoms with van der Waals surface area (Å²) >= 11 is 0. The van der Waals surface area contributed by atoms with E-state index >= 15 is 0 Å². The number of nitrogens with one attached hydrogen (secondary N) is 2. The third kappa shape index (κ3) is 4.90. The van der Waals surface area contributed by atoms with Crippen molar-refractivity contribution in [3.8, 4) is 0 Å². The molecule has 2 amide bonds. The van der Waals surface area contributed by atoms with Gasteiger partial charge in [0, 0.05) is 12.2 Å². The first-order valence-corrected chi connectivity index (χ1v) is 7.16. The Kier molecular flexibility index (Phi) is 5.53. The number of hydrogen-bond acceptors (Lipinski definition) is 3. The molecule has 0 saturated heterocycles. The predicted molar refractivity (Wildman–Crippen MR) is 86.2 cm³/mol. The molecule has 0 atom stereocenters. The van der Waals surface area contributed by atoms with Gasteiger partial charge in [0.2, 0.25) is 0 Å². The Morgan fingerprint density at radius 3 is 2.20 bits per heavy atom. The van der Waals surface area contributed by atoms with Crippen molar-refractivity contribution in [2.45, 2.75) is 6.18 Å². The zero-order valence-electron chi connectivity index (χ0n) is 12.9. The van der Waals surface area contributed by atoms with Gasteiger partial charge in [0.1, 0.15) is 11.4 Å². The lowest BCUT2D eigenvalue weighted by Gasteiger charge is -2.09. The average Bonchev–Trinajstić information content (AvgIpc) is 2.59. The lowest BCUT2D eigenvalue weighted by molar-refractivity contribution is -0.137. The second-order valence-electron chi connectivity index (χ2n) is 4.94. The van der Waals surface area contributed by atoms with Crippen LogP contribution in [0.15, 0.2) is 55.1 Å². The van der Waals surface area contributed by atoms with Gasteiger partial charge in [-0.3, -0.25) is 9.59 Å². The minimum absolute atomic E-state index is 0.0360. The van der Waals surface area contributed by atoms with Gasteiger partial charge in [-0.25, -0.2) is 4.98 Å². The molecule has 25 heavy (non-hydrogen) atoms. The molecule has 130 valence electrons. The molecule has 0 unspecified atom stereocenters. The van der Waals surface area contributed by atoms with Crippen LogP contribution in [0.5, 0.6) is 0 Å². The average molecular weight is 349 g/mol. The van der Waals surface area contributed by atoms with Crippen molar-refractivity contribution in [2.24, 2.45) is 0 Å². The van der Waals surface area contributed by atoms with Gasteiger partial charge >= 0.3 is 6.18 Å². The number of amides is 2. The van der Waals surface area contributed by atoms with Crippen LogP contribution in [0.3, 0.4) is 0 Å². The van der Waals surface area contributed by atoms with E-state index in [2.05, 4.69) is 22.2 Å². The summed E-state index contributed by atoms with van der Waals surface area (Å²) in [5, 5.41) is 4.96. The Bertz CT molecular complexity index is 786. The van der Waals surface area contributed by atoms with Gasteiger partial charge in [-0.1, -0.05) is 12.1 Å². The molecule has 2 aromatic rings. The minimum atomic E-state index is -4.45. The van der Waals surface area contributed by atoms with Crippen LogP contribution in [0.2, 0.25) is 0 Å². The summed E-state index contributed by atoms with van der Waals surface area (Å²) in [5.74, 6) is -1.11. The van der Waals surface area contributed by atoms with Crippen LogP contribution in [0.4, 0.5) is 18.9 Å². The third-order valence-corrected chi connectivity index (χ3v) is 3.09. The highest BCUT2D eigenvalue weighted by atomic mass is 19.4. The Morgan fingerprint density at radius 1 is 1.04 bits per heavy atom. The molecule has 0 bridgehead atoms. The molecule has 1 aromatic carbocycles. The number of aromatic nitrogens is 1. The molecule has 2 N–H and O–H groups in total. The molecule has 0 spiro atoms. The van der Waals surface area contributed by atoms with Crippen molar-refractivity contribution >= 4 is 17.5 Å². The molecular formula is C17H14F3N3O2. The Morgan fingerprint density at radius 2 is 1.64 bits per heavy atom. The molecule has 0 aliphatic carbocycles. The molecule has 0 aliphatic heterocycles. The summed E-state index contributed by atoms with van der Waals surface area (Å²) in [7, 11) is 0. The molecule has 2 rings (SSSR count). The van der Waals surface area contributed by atoms with Gasteiger partial charge in [-0.2, -0.15) is 13.2 Å². The molecule has 8 heteroatoms. The molecule has 0 saturated carbocycles. The summed E-state index contributed by atoms with van der Waals surface area (Å²) in [6, 6.07) is 8.32. The molecule has 5 nitrogen and oxygen atoms in total. The second kappa shape index (κ2) is 7.61. The van der Waals surface area contributed by atoms with E-state index in [4.69, 9.17) is 0 Å². The smallest absolute Gasteiger partial charge is 0.347 e. The van der Waals surface area contributed by atoms with Crippen LogP contribution in [-0.2, 0) is 6.18 Å². The summed E-state index contributed by atoms with van der Waals surface area (Å²) in [6.45, 7) is 3.72. The van der Waals surface area contributed by atoms with E-state index in [1.165, 1.54) is 24.3 Å². The Balaban J connectivity index is 2.10. The first-order valence-electron chi connectivity index (χ1n) is 7.16. The topological polar surface area (TPSA) is 71.1 Å². The normalized spacial score (nSPS) is 10.8. The van der Waals surface area contributed by atoms with Crippen molar-refractivity contribution in [3.05, 3.63) is 72.1 Å². The zero-order valence-corrected chi connectivity index (χ0v) is 12.9. The van der Waals surface area contributed by atoms with Crippen LogP contribution in [0.25, 0.3) is 0 Å². The highest BCUT2D eigenvalue weighted by Gasteiger charge is 2.30. The Hall–Kier alpha value is -3.16. The van der Waals surface area contributed by atoms with Gasteiger partial charge in [-0.05, 0) is 36.4 Å². The summed E-state index contributed by atoms with van der Waals surface area (Å²) < 4.78 is 37.5. The maximum atomic E-state index is 12.5. The number of hydrogen-bond donors (Lipinski definition) is 2. The van der Waals surface area contributed by atoms with Crippen LogP contribution < -0.4 is 10.6 Å². The highest BCUT2D eigenvalue weighted by Crippen LogP contribution is 2.29. The predicted octanol–water partition coefficient (Wildman–Crippen LogP) is 3.27. The molecular weight excluding hydrogens is 335 g/mol. The number of carbonyl (C=O) groups excluding carboxylic acids is 2. The molecule has 1 aromatic heterocycles. The second-order valence-corrected chi connectivity index (χ2v) is 4.94. The number of alkyl halides is 3. The summed E-state index contributed by atoms with van der Waals surface area (Å²) in [4.78, 5) is 27.9. The lowest BCUT2D eigenvalue weighted by atomic mass is 10.2. The third-order valence-electron chi connectivity index (χ3n) is 3.09. The first-order chi connectivity index (χ1) is 11.8. The molecule has 0 fully saturated rings. The van der Waals surface area contributed by atoms with Crippen molar-refractivity contribution < 1.29 is 22.8 Å². The highest BCUT2D eigenvalue weighted by molar-refractivity contribution is 6.03. The fourth-order valence-corrected chi connectivity index (χ4v) is 1.88. The van der Waals surface area contributed by atoms with E-state index < -0.39 is 23.6 Å². The number of pyridine rings is 1. The first kappa shape index (κ1) is 18.2. The number of benzene rings is 1. The number of rotatable bonds is 5. The van der Waals surface area contributed by atoms with E-state index in [-0.39, 0.29) is 23.6 Å². The van der Waals surface area contributed by atoms with E-state index in [9.17, 15) is 22.8 Å². The maximum absolute atomic E-state index is 12.5. The number of carbonyl (C=O) groups is 2. The largest absolute Gasteiger partial charge is 0.416 e. The van der Waals surface area contributed by atoms with Gasteiger partial charge in [0.25, 0.3) is 11.8 Å². The van der Waals surface area contributed by atoms with Crippen molar-refractivity contribution in [2.75, 3.05) is 11.9 Å². The zero-order chi connectivity index (χ0) is 18.4. The maximum Gasteiger partial charge on any atom is 0.416 e. The molecule has 0 aliphatic rings. The number of nitrogens with zero attached hydrogens (tertiary/aromatic N) is 1. The fraction of sp³-hybridized carbons (Fsp3) is 0.118. The standard InChI is InChI=1S/C17H14F3N3O2/c1-2-10-21-15(24)13-4-3-5-14(23-13)16(25)22-12-8-6-11(7-9-12)17(18,19)20/h2-9H,1,10H2,(H,21,24)(H,22,25). The van der Waals surface area contributed by atoms with Crippen LogP contribution in [0.1, 0.15) is 26.5 Å². The molecule has 0 radical (unpaired) electrons. The monoisotopic (exact) mass is 349 g/mol. The lowest BCUT2D eigenvalue weighted by Crippen LogP contribution is -2.25. The van der Waals surface area contributed by atoms with Gasteiger partial charge in [0.05, 0.1) is 5.56 Å². The van der Waals surface area contributed by atoms with Gasteiger partial charge in [0.15, 0.2) is 0 Å². The fourth-order valence-electron chi connectivity index (χ4n) is 1.88. The number of anilines is 1. The molecule has 1 heterocycles. The van der Waals surface area contributed by atoms with Crippen LogP contribution in [-0.4, -0.2) is 23.3 Å². The van der Waals surface area contributed by atoms with E-state index in [1.807, 2.05) is 0 Å². The number of halogens is 3. The van der Waals surface area contributed by atoms with Crippen molar-refractivity contribution in [1.29, 1.82) is 0 Å². The summed E-state index contributed by atoms with van der Waals surface area (Å²) in [5.41, 5.74) is -0.626. The van der Waals surface area contributed by atoms with E-state index in [0.29, 0.717) is 0 Å². The van der Waals surface area contributed by atoms with E-state index in [1.54, 1.807) is 0 Å². The van der Waals surface area contributed by atoms with Crippen LogP contribution in [0, 0.1) is 0 Å². The SMILES string of the molecule is C=CCNC(=O)c1cccc(C(=O)Nc2ccc(C(F)(F)F)cc2)n1. The minimum Gasteiger partial charge on any atom is -0.347 e.